The van der Waals surface area contributed by atoms with Crippen molar-refractivity contribution in [3.63, 3.8) is 0 Å². The van der Waals surface area contributed by atoms with Crippen molar-refractivity contribution in [2.45, 2.75) is 13.3 Å². The van der Waals surface area contributed by atoms with Crippen LogP contribution in [0.5, 0.6) is 5.75 Å². The second-order valence-electron chi connectivity index (χ2n) is 6.66. The van der Waals surface area contributed by atoms with Gasteiger partial charge in [-0.05, 0) is 43.3 Å². The van der Waals surface area contributed by atoms with Crippen molar-refractivity contribution in [3.8, 4) is 17.6 Å². The van der Waals surface area contributed by atoms with Crippen LogP contribution in [0.15, 0.2) is 48.5 Å². The summed E-state index contributed by atoms with van der Waals surface area (Å²) in [7, 11) is 0. The van der Waals surface area contributed by atoms with Crippen LogP contribution in [0.4, 0.5) is 33.5 Å². The van der Waals surface area contributed by atoms with E-state index in [1.165, 1.54) is 28.8 Å². The Balaban J connectivity index is 1.72. The van der Waals surface area contributed by atoms with Crippen LogP contribution in [0.1, 0.15) is 11.4 Å². The third kappa shape index (κ3) is 4.29. The summed E-state index contributed by atoms with van der Waals surface area (Å²) in [5.74, 6) is -1.69. The molecule has 0 fully saturated rings. The number of alkyl halides is 3. The Kier molecular flexibility index (Phi) is 5.14. The smallest absolute Gasteiger partial charge is 0.406 e. The van der Waals surface area contributed by atoms with Gasteiger partial charge in [0.05, 0.1) is 22.7 Å². The highest BCUT2D eigenvalue weighted by Crippen LogP contribution is 2.27. The van der Waals surface area contributed by atoms with E-state index >= 15 is 0 Å². The first-order valence-electron chi connectivity index (χ1n) is 9.02. The summed E-state index contributed by atoms with van der Waals surface area (Å²) in [5, 5.41) is 12.3. The molecule has 4 aromatic rings. The molecule has 162 valence electrons. The van der Waals surface area contributed by atoms with E-state index in [1.807, 2.05) is 6.07 Å². The molecule has 0 spiro atoms. The second kappa shape index (κ2) is 7.81. The summed E-state index contributed by atoms with van der Waals surface area (Å²) < 4.78 is 69.6. The van der Waals surface area contributed by atoms with E-state index in [4.69, 9.17) is 0 Å². The molecule has 0 saturated carbocycles. The fraction of sp³-hybridized carbons (Fsp3) is 0.0952. The predicted octanol–water partition coefficient (Wildman–Crippen LogP) is 5.52. The number of nitrogens with one attached hydrogen (secondary N) is 1. The molecule has 0 atom stereocenters. The molecule has 0 unspecified atom stereocenters. The highest BCUT2D eigenvalue weighted by Gasteiger charge is 2.31. The first kappa shape index (κ1) is 21.0. The number of benzene rings is 2. The van der Waals surface area contributed by atoms with Gasteiger partial charge in [0, 0.05) is 17.8 Å². The first-order chi connectivity index (χ1) is 15.1. The molecule has 11 heteroatoms. The SMILES string of the molecule is Cc1nc2cc(F)c(F)cc2n1-c1cc(C#N)cc(Nc2ccc(OC(F)(F)F)cc2)n1. The summed E-state index contributed by atoms with van der Waals surface area (Å²) in [4.78, 5) is 8.60. The molecular formula is C21H12F5N5O. The van der Waals surface area contributed by atoms with E-state index < -0.39 is 23.7 Å². The van der Waals surface area contributed by atoms with Crippen LogP contribution in [0.2, 0.25) is 0 Å². The minimum absolute atomic E-state index is 0.201. The molecule has 6 nitrogen and oxygen atoms in total. The number of ether oxygens (including phenoxy) is 1. The first-order valence-corrected chi connectivity index (χ1v) is 9.02. The molecule has 0 aliphatic rings. The molecule has 2 aromatic carbocycles. The van der Waals surface area contributed by atoms with Crippen LogP contribution in [-0.4, -0.2) is 20.9 Å². The van der Waals surface area contributed by atoms with Crippen molar-refractivity contribution in [2.75, 3.05) is 5.32 Å². The van der Waals surface area contributed by atoms with Crippen molar-refractivity contribution < 1.29 is 26.7 Å². The van der Waals surface area contributed by atoms with Gasteiger partial charge in [-0.25, -0.2) is 18.7 Å². The zero-order valence-electron chi connectivity index (χ0n) is 16.2. The van der Waals surface area contributed by atoms with E-state index in [0.717, 1.165) is 24.3 Å². The molecule has 0 saturated heterocycles. The lowest BCUT2D eigenvalue weighted by molar-refractivity contribution is -0.274. The molecule has 0 bridgehead atoms. The van der Waals surface area contributed by atoms with Gasteiger partial charge in [-0.1, -0.05) is 0 Å². The zero-order valence-corrected chi connectivity index (χ0v) is 16.2. The number of fused-ring (bicyclic) bond motifs is 1. The molecule has 0 amide bonds. The number of pyridine rings is 1. The third-order valence-electron chi connectivity index (χ3n) is 4.39. The largest absolute Gasteiger partial charge is 0.573 e. The molecule has 0 radical (unpaired) electrons. The number of aromatic nitrogens is 3. The number of anilines is 2. The summed E-state index contributed by atoms with van der Waals surface area (Å²) in [6.45, 7) is 1.61. The van der Waals surface area contributed by atoms with Gasteiger partial charge >= 0.3 is 6.36 Å². The van der Waals surface area contributed by atoms with E-state index in [2.05, 4.69) is 20.0 Å². The van der Waals surface area contributed by atoms with E-state index in [1.54, 1.807) is 6.92 Å². The summed E-state index contributed by atoms with van der Waals surface area (Å²) in [5.41, 5.74) is 1.05. The lowest BCUT2D eigenvalue weighted by Crippen LogP contribution is -2.16. The van der Waals surface area contributed by atoms with Crippen molar-refractivity contribution in [1.29, 1.82) is 5.26 Å². The van der Waals surface area contributed by atoms with Gasteiger partial charge in [0.2, 0.25) is 0 Å². The normalized spacial score (nSPS) is 11.4. The number of imidazole rings is 1. The average Bonchev–Trinajstić information content (AvgIpc) is 3.03. The number of nitriles is 1. The quantitative estimate of drug-likeness (QED) is 0.419. The van der Waals surface area contributed by atoms with Gasteiger partial charge in [-0.3, -0.25) is 4.57 Å². The number of nitrogens with zero attached hydrogens (tertiary/aromatic N) is 4. The summed E-state index contributed by atoms with van der Waals surface area (Å²) in [6.07, 6.45) is -4.81. The Morgan fingerprint density at radius 2 is 1.69 bits per heavy atom. The van der Waals surface area contributed by atoms with E-state index in [0.29, 0.717) is 11.5 Å². The van der Waals surface area contributed by atoms with Crippen molar-refractivity contribution in [1.82, 2.24) is 14.5 Å². The molecule has 2 heterocycles. The Bertz CT molecular complexity index is 1360. The van der Waals surface area contributed by atoms with E-state index in [-0.39, 0.29) is 28.2 Å². The van der Waals surface area contributed by atoms with Crippen molar-refractivity contribution in [3.05, 3.63) is 71.6 Å². The fourth-order valence-corrected chi connectivity index (χ4v) is 3.13. The van der Waals surface area contributed by atoms with Crippen LogP contribution in [-0.2, 0) is 0 Å². The molecule has 1 N–H and O–H groups in total. The van der Waals surface area contributed by atoms with Crippen molar-refractivity contribution >= 4 is 22.5 Å². The molecule has 0 aliphatic carbocycles. The van der Waals surface area contributed by atoms with Gasteiger partial charge in [0.1, 0.15) is 23.2 Å². The molecule has 4 rings (SSSR count). The minimum atomic E-state index is -4.81. The molecule has 32 heavy (non-hydrogen) atoms. The maximum Gasteiger partial charge on any atom is 0.573 e. The van der Waals surface area contributed by atoms with Crippen molar-refractivity contribution in [2.24, 2.45) is 0 Å². The van der Waals surface area contributed by atoms with Gasteiger partial charge in [-0.2, -0.15) is 5.26 Å². The lowest BCUT2D eigenvalue weighted by atomic mass is 10.2. The minimum Gasteiger partial charge on any atom is -0.406 e. The standard InChI is InChI=1S/C21H12F5N5O/c1-11-28-17-8-15(22)16(23)9-18(17)31(11)20-7-12(10-27)6-19(30-20)29-13-2-4-14(5-3-13)32-21(24,25)26/h2-9H,1H3,(H,29,30). The summed E-state index contributed by atoms with van der Waals surface area (Å²) in [6, 6.07) is 11.7. The van der Waals surface area contributed by atoms with Gasteiger partial charge < -0.3 is 10.1 Å². The average molecular weight is 445 g/mol. The van der Waals surface area contributed by atoms with Gasteiger partial charge in [-0.15, -0.1) is 13.2 Å². The monoisotopic (exact) mass is 445 g/mol. The highest BCUT2D eigenvalue weighted by atomic mass is 19.4. The Hall–Kier alpha value is -4.20. The van der Waals surface area contributed by atoms with Crippen LogP contribution < -0.4 is 10.1 Å². The topological polar surface area (TPSA) is 75.8 Å². The van der Waals surface area contributed by atoms with Crippen LogP contribution in [0.3, 0.4) is 0 Å². The number of hydrogen-bond acceptors (Lipinski definition) is 5. The molecule has 0 aliphatic heterocycles. The van der Waals surface area contributed by atoms with Crippen LogP contribution in [0, 0.1) is 29.9 Å². The maximum atomic E-state index is 13.8. The third-order valence-corrected chi connectivity index (χ3v) is 4.39. The highest BCUT2D eigenvalue weighted by molar-refractivity contribution is 5.78. The summed E-state index contributed by atoms with van der Waals surface area (Å²) >= 11 is 0. The maximum absolute atomic E-state index is 13.8. The number of rotatable bonds is 4. The van der Waals surface area contributed by atoms with Gasteiger partial charge in [0.15, 0.2) is 11.6 Å². The van der Waals surface area contributed by atoms with Crippen LogP contribution >= 0.6 is 0 Å². The number of hydrogen-bond donors (Lipinski definition) is 1. The van der Waals surface area contributed by atoms with Gasteiger partial charge in [0.25, 0.3) is 0 Å². The predicted molar refractivity (Wildman–Crippen MR) is 105 cm³/mol. The zero-order chi connectivity index (χ0) is 23.0. The molecule has 2 aromatic heterocycles. The Labute approximate surface area is 177 Å². The Morgan fingerprint density at radius 1 is 1.00 bits per heavy atom. The Morgan fingerprint density at radius 3 is 2.34 bits per heavy atom. The lowest BCUT2D eigenvalue weighted by Gasteiger charge is -2.12. The molecular weight excluding hydrogens is 433 g/mol. The van der Waals surface area contributed by atoms with E-state index in [9.17, 15) is 27.2 Å². The number of halogens is 5. The van der Waals surface area contributed by atoms with Crippen LogP contribution in [0.25, 0.3) is 16.9 Å². The fourth-order valence-electron chi connectivity index (χ4n) is 3.13. The second-order valence-corrected chi connectivity index (χ2v) is 6.66. The number of aryl methyl sites for hydroxylation is 1.